The molecule has 0 aliphatic carbocycles. The molecule has 0 radical (unpaired) electrons. The Morgan fingerprint density at radius 3 is 3.16 bits per heavy atom. The highest BCUT2D eigenvalue weighted by molar-refractivity contribution is 9.10. The predicted octanol–water partition coefficient (Wildman–Crippen LogP) is 4.52. The van der Waals surface area contributed by atoms with E-state index in [9.17, 15) is 0 Å². The minimum atomic E-state index is 0. The Hall–Kier alpha value is -0.800. The lowest BCUT2D eigenvalue weighted by atomic mass is 9.85. The average molecular weight is 321 g/mol. The van der Waals surface area contributed by atoms with E-state index < -0.39 is 0 Å². The Bertz CT molecular complexity index is 610. The molecule has 2 saturated heterocycles. The number of hydrogen-bond acceptors (Lipinski definition) is 1. The van der Waals surface area contributed by atoms with E-state index in [0.29, 0.717) is 0 Å². The van der Waals surface area contributed by atoms with E-state index in [4.69, 9.17) is 0 Å². The molecule has 2 aliphatic rings. The van der Waals surface area contributed by atoms with Crippen LogP contribution < -0.4 is 0 Å². The average Bonchev–Trinajstić information content (AvgIpc) is 3.03. The van der Waals surface area contributed by atoms with Crippen molar-refractivity contribution in [2.24, 2.45) is 0 Å². The maximum absolute atomic E-state index is 3.60. The van der Waals surface area contributed by atoms with Crippen molar-refractivity contribution in [3.8, 4) is 0 Å². The summed E-state index contributed by atoms with van der Waals surface area (Å²) in [7, 11) is 0. The fourth-order valence-corrected chi connectivity index (χ4v) is 4.32. The van der Waals surface area contributed by atoms with E-state index in [2.05, 4.69) is 50.2 Å². The number of fused-ring (bicyclic) bond motifs is 2. The molecule has 1 N–H and O–H groups in total. The molecule has 0 spiro atoms. The predicted molar refractivity (Wildman–Crippen MR) is 84.7 cm³/mol. The summed E-state index contributed by atoms with van der Waals surface area (Å²) in [6.45, 7) is 2.62. The SMILES string of the molecule is Brc1ccc2[nH]cc(C3CCN4CCCC4C3)c2c1.[HH]. The van der Waals surface area contributed by atoms with E-state index in [0.717, 1.165) is 12.0 Å². The Labute approximate surface area is 123 Å². The monoisotopic (exact) mass is 320 g/mol. The van der Waals surface area contributed by atoms with E-state index in [-0.39, 0.29) is 1.43 Å². The number of rotatable bonds is 1. The van der Waals surface area contributed by atoms with Gasteiger partial charge in [-0.1, -0.05) is 15.9 Å². The molecular weight excluding hydrogens is 300 g/mol. The lowest BCUT2D eigenvalue weighted by Gasteiger charge is -2.34. The zero-order valence-corrected chi connectivity index (χ0v) is 12.6. The molecule has 0 amide bonds. The standard InChI is InChI=1S/C16H19BrN2.H2/c17-12-3-4-16-14(9-12)15(10-18-16)11-5-7-19-6-1-2-13(19)8-11;/h3-4,9-11,13,18H,1-2,5-8H2;1H. The molecule has 1 aromatic carbocycles. The molecule has 0 bridgehead atoms. The number of aromatic amines is 1. The molecule has 3 heterocycles. The quantitative estimate of drug-likeness (QED) is 0.818. The van der Waals surface area contributed by atoms with E-state index in [1.54, 1.807) is 0 Å². The van der Waals surface area contributed by atoms with Gasteiger partial charge in [0.25, 0.3) is 0 Å². The second-order valence-corrected chi connectivity index (χ2v) is 6.90. The molecule has 2 fully saturated rings. The molecule has 2 nitrogen and oxygen atoms in total. The van der Waals surface area contributed by atoms with Crippen LogP contribution in [0.4, 0.5) is 0 Å². The molecule has 4 rings (SSSR count). The topological polar surface area (TPSA) is 19.0 Å². The molecule has 2 aliphatic heterocycles. The molecule has 2 unspecified atom stereocenters. The van der Waals surface area contributed by atoms with Gasteiger partial charge in [-0.2, -0.15) is 0 Å². The number of hydrogen-bond donors (Lipinski definition) is 1. The number of H-pyrrole nitrogens is 1. The molecule has 3 heteroatoms. The van der Waals surface area contributed by atoms with Crippen molar-refractivity contribution in [1.82, 2.24) is 9.88 Å². The number of benzene rings is 1. The number of nitrogens with one attached hydrogen (secondary N) is 1. The normalized spacial score (nSPS) is 27.8. The first-order valence-electron chi connectivity index (χ1n) is 7.32. The Morgan fingerprint density at radius 1 is 1.26 bits per heavy atom. The van der Waals surface area contributed by atoms with Crippen LogP contribution in [-0.4, -0.2) is 29.0 Å². The van der Waals surface area contributed by atoms with Crippen molar-refractivity contribution in [2.75, 3.05) is 13.1 Å². The van der Waals surface area contributed by atoms with Crippen LogP contribution in [-0.2, 0) is 0 Å². The van der Waals surface area contributed by atoms with Crippen molar-refractivity contribution >= 4 is 26.8 Å². The van der Waals surface area contributed by atoms with Crippen LogP contribution in [0.1, 0.15) is 38.6 Å². The molecule has 102 valence electrons. The van der Waals surface area contributed by atoms with Gasteiger partial charge in [0.05, 0.1) is 0 Å². The lowest BCUT2D eigenvalue weighted by molar-refractivity contribution is 0.181. The second kappa shape index (κ2) is 4.64. The zero-order valence-electron chi connectivity index (χ0n) is 11.0. The molecular formula is C16H21BrN2. The van der Waals surface area contributed by atoms with Crippen LogP contribution in [0.25, 0.3) is 10.9 Å². The third kappa shape index (κ3) is 2.03. The zero-order chi connectivity index (χ0) is 12.8. The van der Waals surface area contributed by atoms with Crippen LogP contribution in [0, 0.1) is 0 Å². The molecule has 1 aromatic heterocycles. The Balaban J connectivity index is 0.00000121. The summed E-state index contributed by atoms with van der Waals surface area (Å²) in [5, 5.41) is 1.41. The number of nitrogens with zero attached hydrogens (tertiary/aromatic N) is 1. The summed E-state index contributed by atoms with van der Waals surface area (Å²) >= 11 is 3.60. The molecule has 0 saturated carbocycles. The second-order valence-electron chi connectivity index (χ2n) is 5.99. The molecule has 19 heavy (non-hydrogen) atoms. The minimum Gasteiger partial charge on any atom is -0.361 e. The van der Waals surface area contributed by atoms with Gasteiger partial charge in [-0.25, -0.2) is 0 Å². The fourth-order valence-electron chi connectivity index (χ4n) is 3.96. The number of piperidine rings is 1. The van der Waals surface area contributed by atoms with Crippen molar-refractivity contribution in [3.05, 3.63) is 34.4 Å². The third-order valence-corrected chi connectivity index (χ3v) is 5.43. The lowest BCUT2D eigenvalue weighted by Crippen LogP contribution is -2.37. The van der Waals surface area contributed by atoms with Gasteiger partial charge in [-0.15, -0.1) is 0 Å². The first kappa shape index (κ1) is 12.0. The maximum atomic E-state index is 3.60. The van der Waals surface area contributed by atoms with Gasteiger partial charge in [0.1, 0.15) is 0 Å². The van der Waals surface area contributed by atoms with E-state index in [1.165, 1.54) is 59.7 Å². The molecule has 2 atom stereocenters. The fraction of sp³-hybridized carbons (Fsp3) is 0.500. The van der Waals surface area contributed by atoms with Gasteiger partial charge in [-0.05, 0) is 68.5 Å². The summed E-state index contributed by atoms with van der Waals surface area (Å²) in [5.41, 5.74) is 2.80. The summed E-state index contributed by atoms with van der Waals surface area (Å²) < 4.78 is 1.18. The van der Waals surface area contributed by atoms with Crippen LogP contribution in [0.3, 0.4) is 0 Å². The highest BCUT2D eigenvalue weighted by atomic mass is 79.9. The highest BCUT2D eigenvalue weighted by Gasteiger charge is 2.32. The van der Waals surface area contributed by atoms with Crippen molar-refractivity contribution in [1.29, 1.82) is 0 Å². The van der Waals surface area contributed by atoms with Crippen molar-refractivity contribution < 1.29 is 1.43 Å². The van der Waals surface area contributed by atoms with Gasteiger partial charge in [0.2, 0.25) is 0 Å². The summed E-state index contributed by atoms with van der Waals surface area (Å²) in [6.07, 6.45) is 7.71. The van der Waals surface area contributed by atoms with Crippen LogP contribution in [0.5, 0.6) is 0 Å². The molecule has 2 aromatic rings. The minimum absolute atomic E-state index is 0. The first-order valence-corrected chi connectivity index (χ1v) is 8.11. The van der Waals surface area contributed by atoms with Crippen LogP contribution in [0.15, 0.2) is 28.9 Å². The van der Waals surface area contributed by atoms with Gasteiger partial charge in [-0.3, -0.25) is 0 Å². The van der Waals surface area contributed by atoms with E-state index >= 15 is 0 Å². The van der Waals surface area contributed by atoms with Crippen LogP contribution in [0.2, 0.25) is 0 Å². The Kier molecular flexibility index (Phi) is 2.92. The van der Waals surface area contributed by atoms with Crippen LogP contribution >= 0.6 is 15.9 Å². The first-order chi connectivity index (χ1) is 9.31. The van der Waals surface area contributed by atoms with Crippen molar-refractivity contribution in [2.45, 2.75) is 37.6 Å². The Morgan fingerprint density at radius 2 is 2.21 bits per heavy atom. The number of aromatic nitrogens is 1. The van der Waals surface area contributed by atoms with Crippen molar-refractivity contribution in [3.63, 3.8) is 0 Å². The summed E-state index contributed by atoms with van der Waals surface area (Å²) in [4.78, 5) is 6.13. The highest BCUT2D eigenvalue weighted by Crippen LogP contribution is 2.39. The van der Waals surface area contributed by atoms with Gasteiger partial charge >= 0.3 is 0 Å². The van der Waals surface area contributed by atoms with Gasteiger partial charge in [0, 0.05) is 29.0 Å². The summed E-state index contributed by atoms with van der Waals surface area (Å²) in [6, 6.07) is 7.40. The van der Waals surface area contributed by atoms with Gasteiger partial charge in [0.15, 0.2) is 0 Å². The van der Waals surface area contributed by atoms with E-state index in [1.807, 2.05) is 0 Å². The number of halogens is 1. The largest absolute Gasteiger partial charge is 0.361 e. The van der Waals surface area contributed by atoms with Gasteiger partial charge < -0.3 is 9.88 Å². The maximum Gasteiger partial charge on any atom is 0.0457 e. The third-order valence-electron chi connectivity index (χ3n) is 4.94. The smallest absolute Gasteiger partial charge is 0.0457 e. The summed E-state index contributed by atoms with van der Waals surface area (Å²) in [5.74, 6) is 0.738.